The molecule has 5 rings (SSSR count). The predicted octanol–water partition coefficient (Wildman–Crippen LogP) is 4.90. The molecule has 0 bridgehead atoms. The lowest BCUT2D eigenvalue weighted by atomic mass is 9.68. The van der Waals surface area contributed by atoms with Gasteiger partial charge in [0.05, 0.1) is 5.41 Å². The van der Waals surface area contributed by atoms with Crippen molar-refractivity contribution in [2.75, 3.05) is 13.2 Å². The molecule has 0 amide bonds. The lowest BCUT2D eigenvalue weighted by molar-refractivity contribution is -0.167. The van der Waals surface area contributed by atoms with E-state index in [-0.39, 0.29) is 13.2 Å². The van der Waals surface area contributed by atoms with Crippen molar-refractivity contribution in [2.45, 2.75) is 18.0 Å². The molecule has 0 saturated heterocycles. The molecular formula is C35H30O8. The third-order valence-corrected chi connectivity index (χ3v) is 7.15. The Labute approximate surface area is 249 Å². The Kier molecular flexibility index (Phi) is 8.71. The van der Waals surface area contributed by atoms with Crippen molar-refractivity contribution in [3.05, 3.63) is 145 Å². The van der Waals surface area contributed by atoms with Gasteiger partial charge in [-0.15, -0.1) is 0 Å². The van der Waals surface area contributed by atoms with E-state index in [9.17, 15) is 19.8 Å². The van der Waals surface area contributed by atoms with Crippen LogP contribution < -0.4 is 9.47 Å². The maximum Gasteiger partial charge on any atom is 0.332 e. The molecule has 0 aliphatic heterocycles. The van der Waals surface area contributed by atoms with Crippen LogP contribution in [0.2, 0.25) is 0 Å². The molecule has 2 atom stereocenters. The number of ether oxygens (including phenoxy) is 4. The maximum atomic E-state index is 11.3. The first-order valence-corrected chi connectivity index (χ1v) is 13.5. The summed E-state index contributed by atoms with van der Waals surface area (Å²) < 4.78 is 20.9. The molecule has 4 aromatic carbocycles. The molecule has 218 valence electrons. The molecule has 2 unspecified atom stereocenters. The second-order valence-corrected chi connectivity index (χ2v) is 9.70. The van der Waals surface area contributed by atoms with Crippen LogP contribution in [0, 0.1) is 0 Å². The van der Waals surface area contributed by atoms with Gasteiger partial charge < -0.3 is 29.2 Å². The molecule has 8 nitrogen and oxygen atoms in total. The number of carbonyl (C=O) groups excluding carboxylic acids is 2. The minimum atomic E-state index is -1.43. The lowest BCUT2D eigenvalue weighted by Crippen LogP contribution is -2.28. The summed E-state index contributed by atoms with van der Waals surface area (Å²) in [4.78, 5) is 22.7. The molecule has 2 N–H and O–H groups in total. The summed E-state index contributed by atoms with van der Waals surface area (Å²) in [6, 6.07) is 31.7. The summed E-state index contributed by atoms with van der Waals surface area (Å²) in [5.74, 6) is -0.496. The van der Waals surface area contributed by atoms with Crippen LogP contribution in [0.25, 0.3) is 11.1 Å². The van der Waals surface area contributed by atoms with Crippen molar-refractivity contribution in [2.24, 2.45) is 0 Å². The second-order valence-electron chi connectivity index (χ2n) is 9.70. The average Bonchev–Trinajstić information content (AvgIpc) is 3.34. The van der Waals surface area contributed by atoms with Crippen molar-refractivity contribution in [3.63, 3.8) is 0 Å². The van der Waals surface area contributed by atoms with Crippen molar-refractivity contribution in [1.82, 2.24) is 0 Å². The molecule has 0 saturated carbocycles. The molecule has 0 spiro atoms. The van der Waals surface area contributed by atoms with Crippen molar-refractivity contribution < 1.29 is 38.7 Å². The zero-order valence-electron chi connectivity index (χ0n) is 23.2. The fraction of sp³-hybridized carbons (Fsp3) is 0.143. The molecule has 8 heteroatoms. The molecule has 1 aliphatic carbocycles. The summed E-state index contributed by atoms with van der Waals surface area (Å²) in [5.41, 5.74) is 5.75. The van der Waals surface area contributed by atoms with E-state index in [2.05, 4.69) is 37.4 Å². The number of hydrogen-bond donors (Lipinski definition) is 2. The van der Waals surface area contributed by atoms with Gasteiger partial charge in [-0.25, -0.2) is 9.59 Å². The van der Waals surface area contributed by atoms with Crippen LogP contribution in [0.1, 0.15) is 22.3 Å². The van der Waals surface area contributed by atoms with E-state index in [1.54, 1.807) is 0 Å². The van der Waals surface area contributed by atoms with Gasteiger partial charge in [0.2, 0.25) is 12.6 Å². The van der Waals surface area contributed by atoms with E-state index in [0.29, 0.717) is 11.5 Å². The number of aliphatic hydroxyl groups excluding tert-OH is 2. The number of aliphatic hydroxyl groups is 2. The topological polar surface area (TPSA) is 112 Å². The predicted molar refractivity (Wildman–Crippen MR) is 159 cm³/mol. The SMILES string of the molecule is C=CC(=O)OC(O)COc1ccc(C2(c3ccc(OCC(O)OC(=O)C=C)cc3)c3ccccc3-c3ccccc32)cc1. The van der Waals surface area contributed by atoms with Crippen LogP contribution in [-0.4, -0.2) is 47.9 Å². The van der Waals surface area contributed by atoms with E-state index >= 15 is 0 Å². The van der Waals surface area contributed by atoms with Gasteiger partial charge in [0.25, 0.3) is 0 Å². The number of esters is 2. The third-order valence-electron chi connectivity index (χ3n) is 7.15. The van der Waals surface area contributed by atoms with Gasteiger partial charge in [-0.2, -0.15) is 0 Å². The largest absolute Gasteiger partial charge is 0.487 e. The van der Waals surface area contributed by atoms with Gasteiger partial charge in [-0.05, 0) is 57.6 Å². The number of fused-ring (bicyclic) bond motifs is 3. The zero-order valence-corrected chi connectivity index (χ0v) is 23.2. The quantitative estimate of drug-likeness (QED) is 0.122. The van der Waals surface area contributed by atoms with Crippen molar-refractivity contribution in [1.29, 1.82) is 0 Å². The summed E-state index contributed by atoms with van der Waals surface area (Å²) in [6.45, 7) is 6.15. The highest BCUT2D eigenvalue weighted by Gasteiger charge is 2.45. The summed E-state index contributed by atoms with van der Waals surface area (Å²) in [5, 5.41) is 19.8. The molecular weight excluding hydrogens is 548 g/mol. The van der Waals surface area contributed by atoms with E-state index in [4.69, 9.17) is 18.9 Å². The minimum Gasteiger partial charge on any atom is -0.487 e. The second kappa shape index (κ2) is 12.8. The summed E-state index contributed by atoms with van der Waals surface area (Å²) in [7, 11) is 0. The Balaban J connectivity index is 1.49. The minimum absolute atomic E-state index is 0.237. The van der Waals surface area contributed by atoms with E-state index in [1.807, 2.05) is 72.8 Å². The van der Waals surface area contributed by atoms with Crippen LogP contribution >= 0.6 is 0 Å². The Morgan fingerprint density at radius 3 is 1.37 bits per heavy atom. The summed E-state index contributed by atoms with van der Waals surface area (Å²) in [6.07, 6.45) is -0.919. The fourth-order valence-corrected chi connectivity index (χ4v) is 5.39. The van der Waals surface area contributed by atoms with Gasteiger partial charge in [-0.3, -0.25) is 0 Å². The first-order chi connectivity index (χ1) is 20.9. The Morgan fingerprint density at radius 2 is 1.00 bits per heavy atom. The molecule has 0 aromatic heterocycles. The van der Waals surface area contributed by atoms with Gasteiger partial charge in [0, 0.05) is 12.2 Å². The van der Waals surface area contributed by atoms with Crippen molar-refractivity contribution >= 4 is 11.9 Å². The Bertz CT molecular complexity index is 1500. The highest BCUT2D eigenvalue weighted by Crippen LogP contribution is 2.56. The number of carbonyl (C=O) groups is 2. The molecule has 4 aromatic rings. The molecule has 0 radical (unpaired) electrons. The molecule has 43 heavy (non-hydrogen) atoms. The van der Waals surface area contributed by atoms with Crippen LogP contribution in [0.5, 0.6) is 11.5 Å². The fourth-order valence-electron chi connectivity index (χ4n) is 5.39. The van der Waals surface area contributed by atoms with Gasteiger partial charge >= 0.3 is 11.9 Å². The third kappa shape index (κ3) is 5.92. The highest BCUT2D eigenvalue weighted by molar-refractivity contribution is 5.86. The van der Waals surface area contributed by atoms with E-state index in [1.165, 1.54) is 0 Å². The zero-order chi connectivity index (χ0) is 30.4. The molecule has 1 aliphatic rings. The van der Waals surface area contributed by atoms with E-state index in [0.717, 1.165) is 45.5 Å². The maximum absolute atomic E-state index is 11.3. The van der Waals surface area contributed by atoms with Crippen LogP contribution in [0.3, 0.4) is 0 Å². The number of benzene rings is 4. The molecule has 0 heterocycles. The van der Waals surface area contributed by atoms with Crippen LogP contribution in [0.15, 0.2) is 122 Å². The Hall–Kier alpha value is -5.18. The number of rotatable bonds is 12. The van der Waals surface area contributed by atoms with Gasteiger partial charge in [0.1, 0.15) is 11.5 Å². The first-order valence-electron chi connectivity index (χ1n) is 13.5. The van der Waals surface area contributed by atoms with Crippen LogP contribution in [0.4, 0.5) is 0 Å². The van der Waals surface area contributed by atoms with E-state index < -0.39 is 29.9 Å². The lowest BCUT2D eigenvalue weighted by Gasteiger charge is -2.34. The van der Waals surface area contributed by atoms with Gasteiger partial charge in [0.15, 0.2) is 13.2 Å². The average molecular weight is 579 g/mol. The smallest absolute Gasteiger partial charge is 0.332 e. The highest BCUT2D eigenvalue weighted by atomic mass is 16.7. The standard InChI is InChI=1S/C35H30O8/c1-3-31(36)42-33(38)21-40-25-17-13-23(14-18-25)35(29-11-7-5-9-27(29)28-10-6-8-12-30(28)35)24-15-19-26(20-16-24)41-22-34(39)43-32(37)4-2/h3-20,33-34,38-39H,1-2,21-22H2. The summed E-state index contributed by atoms with van der Waals surface area (Å²) >= 11 is 0. The van der Waals surface area contributed by atoms with Crippen molar-refractivity contribution in [3.8, 4) is 22.6 Å². The normalized spacial score (nSPS) is 13.9. The molecule has 0 fully saturated rings. The Morgan fingerprint density at radius 1 is 0.628 bits per heavy atom. The first kappa shape index (κ1) is 29.3. The monoisotopic (exact) mass is 578 g/mol. The van der Waals surface area contributed by atoms with Crippen LogP contribution in [-0.2, 0) is 24.5 Å². The van der Waals surface area contributed by atoms with Gasteiger partial charge in [-0.1, -0.05) is 86.0 Å². The number of hydrogen-bond acceptors (Lipinski definition) is 8.